The van der Waals surface area contributed by atoms with Gasteiger partial charge in [0.2, 0.25) is 0 Å². The molecule has 0 heterocycles. The van der Waals surface area contributed by atoms with Gasteiger partial charge in [-0.25, -0.2) is 0 Å². The quantitative estimate of drug-likeness (QED) is 0.0344. The minimum atomic E-state index is -0.763. The summed E-state index contributed by atoms with van der Waals surface area (Å²) < 4.78 is 16.8. The predicted octanol–water partition coefficient (Wildman–Crippen LogP) is 17.6. The van der Waals surface area contributed by atoms with Gasteiger partial charge in [0.15, 0.2) is 6.10 Å². The highest BCUT2D eigenvalue weighted by Gasteiger charge is 2.19. The summed E-state index contributed by atoms with van der Waals surface area (Å²) in [5.41, 5.74) is 0. The maximum atomic E-state index is 12.8. The SMILES string of the molecule is CCC(C)CCCCCCCCC(=O)OC[C@H](COC(=O)CCCCCCCCCCCCCCCCCC(C)C)OC(=O)CCCCCCCCCCCCCCC(C)C. The maximum Gasteiger partial charge on any atom is 0.306 e. The van der Waals surface area contributed by atoms with Crippen LogP contribution in [0, 0.1) is 17.8 Å². The number of carbonyl (C=O) groups is 3. The third kappa shape index (κ3) is 47.7. The Kier molecular flexibility index (Phi) is 45.2. The lowest BCUT2D eigenvalue weighted by molar-refractivity contribution is -0.167. The zero-order chi connectivity index (χ0) is 44.9. The minimum absolute atomic E-state index is 0.0647. The smallest absolute Gasteiger partial charge is 0.306 e. The van der Waals surface area contributed by atoms with Gasteiger partial charge in [-0.2, -0.15) is 0 Å². The summed E-state index contributed by atoms with van der Waals surface area (Å²) >= 11 is 0. The van der Waals surface area contributed by atoms with Gasteiger partial charge in [-0.15, -0.1) is 0 Å². The molecule has 61 heavy (non-hydrogen) atoms. The molecule has 0 aromatic carbocycles. The number of carbonyl (C=O) groups excluding carboxylic acids is 3. The average molecular weight is 863 g/mol. The highest BCUT2D eigenvalue weighted by atomic mass is 16.6. The van der Waals surface area contributed by atoms with Crippen LogP contribution in [0.5, 0.6) is 0 Å². The van der Waals surface area contributed by atoms with Gasteiger partial charge in [0.05, 0.1) is 0 Å². The van der Waals surface area contributed by atoms with E-state index in [0.29, 0.717) is 19.3 Å². The molecule has 0 saturated carbocycles. The fourth-order valence-electron chi connectivity index (χ4n) is 8.26. The Hall–Kier alpha value is -1.59. The Morgan fingerprint density at radius 2 is 0.574 bits per heavy atom. The fraction of sp³-hybridized carbons (Fsp3) is 0.945. The first-order chi connectivity index (χ1) is 29.6. The van der Waals surface area contributed by atoms with Crippen LogP contribution in [0.2, 0.25) is 0 Å². The van der Waals surface area contributed by atoms with Crippen molar-refractivity contribution in [2.45, 2.75) is 304 Å². The normalized spacial score (nSPS) is 12.6. The van der Waals surface area contributed by atoms with Crippen molar-refractivity contribution in [1.82, 2.24) is 0 Å². The van der Waals surface area contributed by atoms with Crippen LogP contribution in [0.3, 0.4) is 0 Å². The van der Waals surface area contributed by atoms with Crippen LogP contribution in [-0.2, 0) is 28.6 Å². The van der Waals surface area contributed by atoms with Crippen molar-refractivity contribution in [1.29, 1.82) is 0 Å². The van der Waals surface area contributed by atoms with Gasteiger partial charge < -0.3 is 14.2 Å². The average Bonchev–Trinajstić information content (AvgIpc) is 3.23. The Morgan fingerprint density at radius 1 is 0.328 bits per heavy atom. The van der Waals surface area contributed by atoms with E-state index in [2.05, 4.69) is 41.5 Å². The molecule has 0 radical (unpaired) electrons. The lowest BCUT2D eigenvalue weighted by atomic mass is 10.00. The molecule has 0 fully saturated rings. The Bertz CT molecular complexity index is 947. The Labute approximate surface area is 380 Å². The van der Waals surface area contributed by atoms with Gasteiger partial charge in [-0.3, -0.25) is 14.4 Å². The van der Waals surface area contributed by atoms with Gasteiger partial charge in [0.1, 0.15) is 13.2 Å². The van der Waals surface area contributed by atoms with E-state index >= 15 is 0 Å². The molecule has 6 heteroatoms. The van der Waals surface area contributed by atoms with Gasteiger partial charge in [0, 0.05) is 19.3 Å². The van der Waals surface area contributed by atoms with Gasteiger partial charge in [0.25, 0.3) is 0 Å². The third-order valence-corrected chi connectivity index (χ3v) is 12.8. The summed E-state index contributed by atoms with van der Waals surface area (Å²) in [6.45, 7) is 13.7. The molecule has 0 amide bonds. The zero-order valence-corrected chi connectivity index (χ0v) is 42.0. The second-order valence-corrected chi connectivity index (χ2v) is 20.1. The summed E-state index contributed by atoms with van der Waals surface area (Å²) in [5, 5.41) is 0. The molecule has 362 valence electrons. The van der Waals surface area contributed by atoms with E-state index in [1.165, 1.54) is 180 Å². The van der Waals surface area contributed by atoms with Crippen molar-refractivity contribution in [2.75, 3.05) is 13.2 Å². The summed E-state index contributed by atoms with van der Waals surface area (Å²) in [6, 6.07) is 0. The van der Waals surface area contributed by atoms with Crippen LogP contribution in [0.4, 0.5) is 0 Å². The Morgan fingerprint density at radius 3 is 0.852 bits per heavy atom. The van der Waals surface area contributed by atoms with E-state index in [0.717, 1.165) is 75.5 Å². The lowest BCUT2D eigenvalue weighted by Crippen LogP contribution is -2.30. The second kappa shape index (κ2) is 46.4. The summed E-state index contributed by atoms with van der Waals surface area (Å²) in [4.78, 5) is 38.0. The summed E-state index contributed by atoms with van der Waals surface area (Å²) in [7, 11) is 0. The largest absolute Gasteiger partial charge is 0.462 e. The van der Waals surface area contributed by atoms with Crippen molar-refractivity contribution in [3.63, 3.8) is 0 Å². The van der Waals surface area contributed by atoms with Gasteiger partial charge >= 0.3 is 17.9 Å². The summed E-state index contributed by atoms with van der Waals surface area (Å²) in [5.74, 6) is 1.64. The lowest BCUT2D eigenvalue weighted by Gasteiger charge is -2.18. The maximum absolute atomic E-state index is 12.8. The van der Waals surface area contributed by atoms with Crippen molar-refractivity contribution in [3.8, 4) is 0 Å². The molecule has 0 saturated heterocycles. The van der Waals surface area contributed by atoms with E-state index in [1.807, 2.05) is 0 Å². The molecule has 1 unspecified atom stereocenters. The molecule has 0 aromatic rings. The fourth-order valence-corrected chi connectivity index (χ4v) is 8.26. The van der Waals surface area contributed by atoms with Crippen LogP contribution >= 0.6 is 0 Å². The molecule has 6 nitrogen and oxygen atoms in total. The topological polar surface area (TPSA) is 78.9 Å². The first-order valence-electron chi connectivity index (χ1n) is 27.1. The molecule has 0 rings (SSSR count). The monoisotopic (exact) mass is 863 g/mol. The molecular formula is C55H106O6. The molecule has 0 aliphatic heterocycles. The number of ether oxygens (including phenoxy) is 3. The highest BCUT2D eigenvalue weighted by molar-refractivity contribution is 5.71. The van der Waals surface area contributed by atoms with E-state index in [1.54, 1.807) is 0 Å². The summed E-state index contributed by atoms with van der Waals surface area (Å²) in [6.07, 6.45) is 46.7. The molecule has 0 N–H and O–H groups in total. The highest BCUT2D eigenvalue weighted by Crippen LogP contribution is 2.18. The van der Waals surface area contributed by atoms with Crippen LogP contribution in [0.25, 0.3) is 0 Å². The zero-order valence-electron chi connectivity index (χ0n) is 42.0. The van der Waals surface area contributed by atoms with Crippen molar-refractivity contribution in [2.24, 2.45) is 17.8 Å². The van der Waals surface area contributed by atoms with Crippen molar-refractivity contribution >= 4 is 17.9 Å². The van der Waals surface area contributed by atoms with Crippen molar-refractivity contribution < 1.29 is 28.6 Å². The van der Waals surface area contributed by atoms with Crippen LogP contribution < -0.4 is 0 Å². The molecule has 0 aromatic heterocycles. The third-order valence-electron chi connectivity index (χ3n) is 12.8. The molecular weight excluding hydrogens is 757 g/mol. The van der Waals surface area contributed by atoms with Crippen LogP contribution in [0.1, 0.15) is 298 Å². The minimum Gasteiger partial charge on any atom is -0.462 e. The number of rotatable bonds is 48. The first-order valence-corrected chi connectivity index (χ1v) is 27.1. The Balaban J connectivity index is 4.27. The van der Waals surface area contributed by atoms with E-state index in [4.69, 9.17) is 14.2 Å². The number of unbranched alkanes of at least 4 members (excludes halogenated alkanes) is 30. The van der Waals surface area contributed by atoms with Gasteiger partial charge in [-0.05, 0) is 37.0 Å². The van der Waals surface area contributed by atoms with Crippen LogP contribution in [-0.4, -0.2) is 37.2 Å². The first kappa shape index (κ1) is 59.4. The van der Waals surface area contributed by atoms with Gasteiger partial charge in [-0.1, -0.05) is 260 Å². The molecule has 2 atom stereocenters. The van der Waals surface area contributed by atoms with Crippen molar-refractivity contribution in [3.05, 3.63) is 0 Å². The molecule has 0 bridgehead atoms. The number of hydrogen-bond acceptors (Lipinski definition) is 6. The standard InChI is InChI=1S/C55H106O6/c1-7-51(6)43-37-31-27-28-33-39-45-54(57)60-48-52(61-55(58)46-40-34-26-22-18-14-13-16-20-24-30-36-42-50(4)5)47-59-53(56)44-38-32-25-21-17-12-10-8-9-11-15-19-23-29-35-41-49(2)3/h49-52H,7-48H2,1-6H3/t51?,52-/m0/s1. The van der Waals surface area contributed by atoms with E-state index in [-0.39, 0.29) is 31.1 Å². The second-order valence-electron chi connectivity index (χ2n) is 20.1. The van der Waals surface area contributed by atoms with Crippen LogP contribution in [0.15, 0.2) is 0 Å². The number of esters is 3. The van der Waals surface area contributed by atoms with E-state index in [9.17, 15) is 14.4 Å². The molecule has 0 spiro atoms. The predicted molar refractivity (Wildman–Crippen MR) is 261 cm³/mol. The van der Waals surface area contributed by atoms with E-state index < -0.39 is 6.10 Å². The molecule has 0 aliphatic rings. The number of hydrogen-bond donors (Lipinski definition) is 0. The molecule has 0 aliphatic carbocycles.